The molecule has 2 aromatic carbocycles. The Hall–Kier alpha value is -2.64. The number of benzene rings is 2. The number of ether oxygens (including phenoxy) is 1. The highest BCUT2D eigenvalue weighted by molar-refractivity contribution is 7.89. The molecule has 0 saturated carbocycles. The highest BCUT2D eigenvalue weighted by Crippen LogP contribution is 2.30. The van der Waals surface area contributed by atoms with Crippen LogP contribution in [0.15, 0.2) is 53.4 Å². The lowest BCUT2D eigenvalue weighted by Crippen LogP contribution is -2.31. The fraction of sp³-hybridized carbons (Fsp3) is 0.318. The van der Waals surface area contributed by atoms with Crippen molar-refractivity contribution in [2.45, 2.75) is 32.6 Å². The lowest BCUT2D eigenvalue weighted by molar-refractivity contribution is -0.111. The van der Waals surface area contributed by atoms with Crippen molar-refractivity contribution < 1.29 is 17.9 Å². The van der Waals surface area contributed by atoms with Gasteiger partial charge in [-0.1, -0.05) is 43.7 Å². The van der Waals surface area contributed by atoms with Crippen LogP contribution in [0, 0.1) is 6.92 Å². The van der Waals surface area contributed by atoms with Gasteiger partial charge in [-0.3, -0.25) is 4.79 Å². The molecule has 2 aromatic rings. The predicted octanol–water partition coefficient (Wildman–Crippen LogP) is 4.08. The van der Waals surface area contributed by atoms with Crippen molar-refractivity contribution in [3.63, 3.8) is 0 Å². The van der Waals surface area contributed by atoms with E-state index in [1.165, 1.54) is 16.4 Å². The number of anilines is 1. The molecule has 0 aliphatic heterocycles. The van der Waals surface area contributed by atoms with Gasteiger partial charge < -0.3 is 10.1 Å². The third kappa shape index (κ3) is 5.92. The van der Waals surface area contributed by atoms with Gasteiger partial charge in [-0.05, 0) is 43.7 Å². The van der Waals surface area contributed by atoms with Gasteiger partial charge in [-0.15, -0.1) is 0 Å². The maximum absolute atomic E-state index is 13.0. The van der Waals surface area contributed by atoms with Crippen molar-refractivity contribution in [2.24, 2.45) is 0 Å². The summed E-state index contributed by atoms with van der Waals surface area (Å²) in [5.74, 6) is -0.0745. The molecule has 0 aliphatic carbocycles. The Bertz CT molecular complexity index is 980. The molecule has 0 atom stereocenters. The predicted molar refractivity (Wildman–Crippen MR) is 117 cm³/mol. The zero-order valence-corrected chi connectivity index (χ0v) is 18.1. The molecule has 0 fully saturated rings. The summed E-state index contributed by atoms with van der Waals surface area (Å²) < 4.78 is 32.8. The van der Waals surface area contributed by atoms with Crippen molar-refractivity contribution in [3.8, 4) is 5.75 Å². The number of nitrogens with zero attached hydrogens (tertiary/aromatic N) is 1. The Kier molecular flexibility index (Phi) is 7.99. The van der Waals surface area contributed by atoms with Crippen LogP contribution in [0.25, 0.3) is 6.08 Å². The van der Waals surface area contributed by atoms with Gasteiger partial charge in [0.25, 0.3) is 0 Å². The van der Waals surface area contributed by atoms with Crippen molar-refractivity contribution in [3.05, 3.63) is 59.7 Å². The van der Waals surface area contributed by atoms with Crippen LogP contribution in [0.4, 0.5) is 5.69 Å². The molecule has 2 rings (SSSR count). The number of sulfonamides is 1. The third-order valence-corrected chi connectivity index (χ3v) is 6.37. The minimum Gasteiger partial charge on any atom is -0.492 e. The van der Waals surface area contributed by atoms with Crippen molar-refractivity contribution in [2.75, 3.05) is 25.0 Å². The van der Waals surface area contributed by atoms with Gasteiger partial charge >= 0.3 is 0 Å². The van der Waals surface area contributed by atoms with Gasteiger partial charge in [0.15, 0.2) is 0 Å². The molecule has 0 saturated heterocycles. The number of amides is 1. The van der Waals surface area contributed by atoms with E-state index in [0.29, 0.717) is 25.4 Å². The molecule has 0 spiro atoms. The van der Waals surface area contributed by atoms with Gasteiger partial charge in [0.1, 0.15) is 10.6 Å². The first kappa shape index (κ1) is 22.6. The highest BCUT2D eigenvalue weighted by Gasteiger charge is 2.26. The van der Waals surface area contributed by atoms with Crippen LogP contribution in [0.5, 0.6) is 5.75 Å². The van der Waals surface area contributed by atoms with E-state index in [-0.39, 0.29) is 16.6 Å². The number of hydrogen-bond donors (Lipinski definition) is 1. The summed E-state index contributed by atoms with van der Waals surface area (Å²) in [6, 6.07) is 12.4. The van der Waals surface area contributed by atoms with E-state index < -0.39 is 10.0 Å². The summed E-state index contributed by atoms with van der Waals surface area (Å²) in [7, 11) is -3.73. The van der Waals surface area contributed by atoms with Crippen LogP contribution in [-0.2, 0) is 14.8 Å². The minimum atomic E-state index is -3.73. The van der Waals surface area contributed by atoms with E-state index in [2.05, 4.69) is 5.32 Å². The van der Waals surface area contributed by atoms with E-state index in [1.54, 1.807) is 39.0 Å². The van der Waals surface area contributed by atoms with Gasteiger partial charge in [0.2, 0.25) is 15.9 Å². The summed E-state index contributed by atoms with van der Waals surface area (Å²) in [4.78, 5) is 12.3. The first-order valence-corrected chi connectivity index (χ1v) is 11.1. The molecule has 1 amide bonds. The number of nitrogens with one attached hydrogen (secondary N) is 1. The highest BCUT2D eigenvalue weighted by atomic mass is 32.2. The maximum atomic E-state index is 13.0. The number of carbonyl (C=O) groups is 1. The molecule has 7 heteroatoms. The second-order valence-corrected chi connectivity index (χ2v) is 8.33. The van der Waals surface area contributed by atoms with Crippen molar-refractivity contribution in [1.29, 1.82) is 0 Å². The molecule has 0 heterocycles. The second-order valence-electron chi connectivity index (χ2n) is 6.42. The molecule has 1 N–H and O–H groups in total. The Morgan fingerprint density at radius 3 is 2.45 bits per heavy atom. The number of rotatable bonds is 9. The fourth-order valence-corrected chi connectivity index (χ4v) is 4.51. The molecule has 29 heavy (non-hydrogen) atoms. The molecule has 6 nitrogen and oxygen atoms in total. The molecular formula is C22H28N2O4S. The van der Waals surface area contributed by atoms with E-state index in [1.807, 2.05) is 31.2 Å². The van der Waals surface area contributed by atoms with Crippen LogP contribution in [0.3, 0.4) is 0 Å². The summed E-state index contributed by atoms with van der Waals surface area (Å²) >= 11 is 0. The maximum Gasteiger partial charge on any atom is 0.248 e. The summed E-state index contributed by atoms with van der Waals surface area (Å²) in [5, 5.41) is 2.72. The number of aryl methyl sites for hydroxylation is 1. The SMILES string of the molecule is CCOc1ccc(NC(=O)/C=C/c2cccc(C)c2)cc1S(=O)(=O)N(CC)CC. The Morgan fingerprint density at radius 1 is 1.10 bits per heavy atom. The smallest absolute Gasteiger partial charge is 0.248 e. The van der Waals surface area contributed by atoms with Gasteiger partial charge in [-0.2, -0.15) is 4.31 Å². The molecule has 0 aliphatic rings. The van der Waals surface area contributed by atoms with E-state index >= 15 is 0 Å². The zero-order chi connectivity index (χ0) is 21.4. The van der Waals surface area contributed by atoms with Crippen LogP contribution in [-0.4, -0.2) is 38.3 Å². The molecule has 0 radical (unpaired) electrons. The second kappa shape index (κ2) is 10.2. The molecule has 0 unspecified atom stereocenters. The zero-order valence-electron chi connectivity index (χ0n) is 17.3. The summed E-state index contributed by atoms with van der Waals surface area (Å²) in [6.45, 7) is 8.37. The third-order valence-electron chi connectivity index (χ3n) is 4.30. The van der Waals surface area contributed by atoms with E-state index in [9.17, 15) is 13.2 Å². The average molecular weight is 417 g/mol. The monoisotopic (exact) mass is 416 g/mol. The summed E-state index contributed by atoms with van der Waals surface area (Å²) in [6.07, 6.45) is 3.13. The van der Waals surface area contributed by atoms with Crippen LogP contribution < -0.4 is 10.1 Å². The number of carbonyl (C=O) groups excluding carboxylic acids is 1. The molecule has 0 aromatic heterocycles. The van der Waals surface area contributed by atoms with Gasteiger partial charge in [0, 0.05) is 24.9 Å². The molecular weight excluding hydrogens is 388 g/mol. The normalized spacial score (nSPS) is 11.8. The van der Waals surface area contributed by atoms with E-state index in [0.717, 1.165) is 11.1 Å². The largest absolute Gasteiger partial charge is 0.492 e. The lowest BCUT2D eigenvalue weighted by Gasteiger charge is -2.21. The quantitative estimate of drug-likeness (QED) is 0.625. The van der Waals surface area contributed by atoms with Crippen molar-refractivity contribution >= 4 is 27.7 Å². The standard InChI is InChI=1S/C22H28N2O4S/c1-5-24(6-2)29(26,27)21-16-19(12-13-20(21)28-7-3)23-22(25)14-11-18-10-8-9-17(4)15-18/h8-16H,5-7H2,1-4H3,(H,23,25)/b14-11+. The van der Waals surface area contributed by atoms with Gasteiger partial charge in [0.05, 0.1) is 6.61 Å². The van der Waals surface area contributed by atoms with E-state index in [4.69, 9.17) is 4.74 Å². The Balaban J connectivity index is 2.29. The lowest BCUT2D eigenvalue weighted by atomic mass is 10.1. The average Bonchev–Trinajstić information content (AvgIpc) is 2.68. The van der Waals surface area contributed by atoms with Gasteiger partial charge in [-0.25, -0.2) is 8.42 Å². The van der Waals surface area contributed by atoms with Crippen LogP contribution in [0.1, 0.15) is 31.9 Å². The first-order chi connectivity index (χ1) is 13.8. The Morgan fingerprint density at radius 2 is 1.83 bits per heavy atom. The topological polar surface area (TPSA) is 75.7 Å². The van der Waals surface area contributed by atoms with Crippen LogP contribution >= 0.6 is 0 Å². The number of hydrogen-bond acceptors (Lipinski definition) is 4. The Labute approximate surface area is 173 Å². The first-order valence-electron chi connectivity index (χ1n) is 9.64. The van der Waals surface area contributed by atoms with Crippen molar-refractivity contribution in [1.82, 2.24) is 4.31 Å². The fourth-order valence-electron chi connectivity index (χ4n) is 2.89. The molecule has 156 valence electrons. The molecule has 0 bridgehead atoms. The summed E-state index contributed by atoms with van der Waals surface area (Å²) in [5.41, 5.74) is 2.40. The van der Waals surface area contributed by atoms with Crippen LogP contribution in [0.2, 0.25) is 0 Å². The minimum absolute atomic E-state index is 0.0449.